The van der Waals surface area contributed by atoms with Gasteiger partial charge in [0, 0.05) is 31.0 Å². The lowest BCUT2D eigenvalue weighted by atomic mass is 10.1. The summed E-state index contributed by atoms with van der Waals surface area (Å²) in [6, 6.07) is 13.9. The van der Waals surface area contributed by atoms with E-state index in [-0.39, 0.29) is 10.9 Å². The molecule has 0 aliphatic rings. The topological polar surface area (TPSA) is 88.1 Å². The highest BCUT2D eigenvalue weighted by Crippen LogP contribution is 2.21. The Morgan fingerprint density at radius 1 is 1.07 bits per heavy atom. The van der Waals surface area contributed by atoms with Gasteiger partial charge >= 0.3 is 5.97 Å². The third-order valence-electron chi connectivity index (χ3n) is 3.75. The van der Waals surface area contributed by atoms with Crippen LogP contribution in [0.25, 0.3) is 6.08 Å². The molecule has 0 spiro atoms. The van der Waals surface area contributed by atoms with Crippen molar-refractivity contribution in [2.24, 2.45) is 4.40 Å². The molecule has 0 fully saturated rings. The molecule has 0 aromatic heterocycles. The number of carbonyl (C=O) groups is 1. The molecule has 2 rings (SSSR count). The summed E-state index contributed by atoms with van der Waals surface area (Å²) in [5, 5.41) is 3.20. The molecular weight excluding hydrogens is 390 g/mol. The van der Waals surface area contributed by atoms with Gasteiger partial charge in [-0.2, -0.15) is 8.42 Å². The second-order valence-electron chi connectivity index (χ2n) is 6.48. The fraction of sp³-hybridized carbons (Fsp3) is 0.238. The number of nitrogens with zero attached hydrogens (tertiary/aromatic N) is 2. The molecule has 7 nitrogen and oxygen atoms in total. The number of hydrogen-bond donors (Lipinski definition) is 1. The van der Waals surface area contributed by atoms with Gasteiger partial charge in [-0.3, -0.25) is 0 Å². The Balaban J connectivity index is 2.07. The molecule has 29 heavy (non-hydrogen) atoms. The van der Waals surface area contributed by atoms with Crippen molar-refractivity contribution < 1.29 is 17.9 Å². The van der Waals surface area contributed by atoms with Crippen LogP contribution >= 0.6 is 0 Å². The van der Waals surface area contributed by atoms with Crippen LogP contribution < -0.4 is 5.32 Å². The van der Waals surface area contributed by atoms with E-state index in [1.165, 1.54) is 18.5 Å². The number of rotatable bonds is 8. The molecule has 0 amide bonds. The second kappa shape index (κ2) is 9.88. The first-order chi connectivity index (χ1) is 13.7. The normalized spacial score (nSPS) is 12.1. The van der Waals surface area contributed by atoms with E-state index in [4.69, 9.17) is 4.74 Å². The van der Waals surface area contributed by atoms with Gasteiger partial charge in [0.15, 0.2) is 0 Å². The van der Waals surface area contributed by atoms with E-state index in [0.717, 1.165) is 16.9 Å². The quantitative estimate of drug-likeness (QED) is 0.306. The molecule has 1 N–H and O–H groups in total. The van der Waals surface area contributed by atoms with Gasteiger partial charge in [0.25, 0.3) is 10.0 Å². The fourth-order valence-corrected chi connectivity index (χ4v) is 3.23. The molecule has 0 unspecified atom stereocenters. The summed E-state index contributed by atoms with van der Waals surface area (Å²) < 4.78 is 32.9. The summed E-state index contributed by atoms with van der Waals surface area (Å²) in [6.07, 6.45) is 3.01. The van der Waals surface area contributed by atoms with Gasteiger partial charge in [-0.25, -0.2) is 4.79 Å². The molecule has 154 valence electrons. The molecule has 8 heteroatoms. The van der Waals surface area contributed by atoms with Crippen LogP contribution in [0, 0.1) is 0 Å². The highest BCUT2D eigenvalue weighted by Gasteiger charge is 2.11. The molecular formula is C21H25N3O4S. The molecule has 0 saturated carbocycles. The average molecular weight is 416 g/mol. The first kappa shape index (κ1) is 22.2. The summed E-state index contributed by atoms with van der Waals surface area (Å²) in [6.45, 7) is 3.82. The molecule has 0 saturated heterocycles. The zero-order chi connectivity index (χ0) is 21.4. The molecule has 0 aliphatic carbocycles. The van der Waals surface area contributed by atoms with Gasteiger partial charge in [-0.15, -0.1) is 4.40 Å². The van der Waals surface area contributed by atoms with Crippen molar-refractivity contribution in [3.63, 3.8) is 0 Å². The van der Waals surface area contributed by atoms with Gasteiger partial charge < -0.3 is 15.0 Å². The summed E-state index contributed by atoms with van der Waals surface area (Å²) >= 11 is 0. The van der Waals surface area contributed by atoms with E-state index in [1.807, 2.05) is 24.3 Å². The van der Waals surface area contributed by atoms with E-state index >= 15 is 0 Å². The smallest absolute Gasteiger partial charge is 0.333 e. The zero-order valence-electron chi connectivity index (χ0n) is 16.9. The number of anilines is 2. The first-order valence-electron chi connectivity index (χ1n) is 9.00. The Morgan fingerprint density at radius 2 is 1.62 bits per heavy atom. The Labute approximate surface area is 171 Å². The average Bonchev–Trinajstić information content (AvgIpc) is 2.68. The maximum Gasteiger partial charge on any atom is 0.333 e. The van der Waals surface area contributed by atoms with Crippen LogP contribution in [-0.2, 0) is 19.6 Å². The van der Waals surface area contributed by atoms with Crippen LogP contribution in [0.15, 0.2) is 63.4 Å². The first-order valence-corrected chi connectivity index (χ1v) is 10.4. The lowest BCUT2D eigenvalue weighted by Crippen LogP contribution is -2.10. The molecule has 0 radical (unpaired) electrons. The number of benzene rings is 2. The van der Waals surface area contributed by atoms with Gasteiger partial charge in [0.2, 0.25) is 0 Å². The molecule has 0 atom stereocenters. The van der Waals surface area contributed by atoms with Crippen LogP contribution in [0.1, 0.15) is 19.4 Å². The minimum absolute atomic E-state index is 0.121. The van der Waals surface area contributed by atoms with Gasteiger partial charge in [0.1, 0.15) is 6.34 Å². The molecule has 2 aromatic carbocycles. The maximum atomic E-state index is 12.1. The second-order valence-corrected chi connectivity index (χ2v) is 8.11. The number of ether oxygens (including phenoxy) is 1. The number of hydrogen-bond acceptors (Lipinski definition) is 5. The number of sulfonamides is 1. The van der Waals surface area contributed by atoms with Gasteiger partial charge in [-0.1, -0.05) is 12.1 Å². The van der Waals surface area contributed by atoms with Crippen LogP contribution in [0.4, 0.5) is 11.4 Å². The van der Waals surface area contributed by atoms with E-state index in [0.29, 0.717) is 12.2 Å². The van der Waals surface area contributed by atoms with Gasteiger partial charge in [0.05, 0.1) is 11.5 Å². The summed E-state index contributed by atoms with van der Waals surface area (Å²) in [5.41, 5.74) is 2.98. The summed E-state index contributed by atoms with van der Waals surface area (Å²) in [5.74, 6) is -0.334. The predicted octanol–water partition coefficient (Wildman–Crippen LogP) is 3.68. The Kier molecular flexibility index (Phi) is 7.55. The highest BCUT2D eigenvalue weighted by atomic mass is 32.2. The number of esters is 1. The minimum Gasteiger partial charge on any atom is -0.463 e. The van der Waals surface area contributed by atoms with Gasteiger partial charge in [-0.05, 0) is 61.9 Å². The Morgan fingerprint density at radius 3 is 2.14 bits per heavy atom. The van der Waals surface area contributed by atoms with Crippen LogP contribution in [0.3, 0.4) is 0 Å². The number of carbonyl (C=O) groups excluding carboxylic acids is 1. The van der Waals surface area contributed by atoms with Crippen LogP contribution in [-0.4, -0.2) is 46.3 Å². The van der Waals surface area contributed by atoms with E-state index < -0.39 is 10.0 Å². The lowest BCUT2D eigenvalue weighted by Gasteiger charge is -2.08. The standard InChI is InChI=1S/C21H25N3O4S/c1-5-28-21(25)16(2)14-17-6-8-18(9-7-17)23-19-10-12-20(13-11-19)29(26,27)22-15-24(3)4/h6-15,23H,5H2,1-4H3/b16-14+,22-15?. The minimum atomic E-state index is -3.72. The predicted molar refractivity (Wildman–Crippen MR) is 116 cm³/mol. The monoisotopic (exact) mass is 415 g/mol. The SMILES string of the molecule is CCOC(=O)/C(C)=C/c1ccc(Nc2ccc(S(=O)(=O)N=CN(C)C)cc2)cc1. The molecule has 0 heterocycles. The van der Waals surface area contributed by atoms with Crippen molar-refractivity contribution in [1.29, 1.82) is 0 Å². The van der Waals surface area contributed by atoms with E-state index in [9.17, 15) is 13.2 Å². The number of nitrogens with one attached hydrogen (secondary N) is 1. The van der Waals surface area contributed by atoms with E-state index in [1.54, 1.807) is 51.1 Å². The lowest BCUT2D eigenvalue weighted by molar-refractivity contribution is -0.138. The van der Waals surface area contributed by atoms with Crippen molar-refractivity contribution >= 4 is 39.8 Å². The third-order valence-corrected chi connectivity index (χ3v) is 4.99. The summed E-state index contributed by atoms with van der Waals surface area (Å²) in [4.78, 5) is 13.3. The highest BCUT2D eigenvalue weighted by molar-refractivity contribution is 7.90. The zero-order valence-corrected chi connectivity index (χ0v) is 17.7. The fourth-order valence-electron chi connectivity index (χ4n) is 2.31. The maximum absolute atomic E-state index is 12.1. The molecule has 0 aliphatic heterocycles. The van der Waals surface area contributed by atoms with Crippen molar-refractivity contribution in [2.45, 2.75) is 18.7 Å². The van der Waals surface area contributed by atoms with Crippen molar-refractivity contribution in [2.75, 3.05) is 26.0 Å². The van der Waals surface area contributed by atoms with E-state index in [2.05, 4.69) is 9.71 Å². The Hall–Kier alpha value is -3.13. The van der Waals surface area contributed by atoms with Crippen molar-refractivity contribution in [3.05, 3.63) is 59.7 Å². The molecule has 2 aromatic rings. The van der Waals surface area contributed by atoms with Crippen LogP contribution in [0.5, 0.6) is 0 Å². The van der Waals surface area contributed by atoms with Crippen molar-refractivity contribution in [1.82, 2.24) is 4.90 Å². The Bertz CT molecular complexity index is 993. The van der Waals surface area contributed by atoms with Crippen molar-refractivity contribution in [3.8, 4) is 0 Å². The summed E-state index contributed by atoms with van der Waals surface area (Å²) in [7, 11) is -0.318. The third kappa shape index (κ3) is 6.76. The largest absolute Gasteiger partial charge is 0.463 e. The molecule has 0 bridgehead atoms. The van der Waals surface area contributed by atoms with Crippen LogP contribution in [0.2, 0.25) is 0 Å².